The van der Waals surface area contributed by atoms with E-state index in [1.165, 1.54) is 25.7 Å². The van der Waals surface area contributed by atoms with Crippen LogP contribution in [0.5, 0.6) is 0 Å². The molecule has 2 fully saturated rings. The van der Waals surface area contributed by atoms with E-state index in [2.05, 4.69) is 22.0 Å². The predicted octanol–water partition coefficient (Wildman–Crippen LogP) is 2.95. The van der Waals surface area contributed by atoms with E-state index in [0.717, 1.165) is 23.6 Å². The highest BCUT2D eigenvalue weighted by molar-refractivity contribution is 6.16. The smallest absolute Gasteiger partial charge is 0.129 e. The summed E-state index contributed by atoms with van der Waals surface area (Å²) in [4.78, 5) is 7.12. The van der Waals surface area contributed by atoms with Crippen molar-refractivity contribution in [2.75, 3.05) is 4.90 Å². The first-order valence-electron chi connectivity index (χ1n) is 5.69. The Morgan fingerprint density at radius 2 is 1.87 bits per heavy atom. The number of rotatable bonds is 2. The molecule has 0 aliphatic carbocycles. The Kier molecular flexibility index (Phi) is 2.32. The van der Waals surface area contributed by atoms with Crippen LogP contribution in [0.15, 0.2) is 18.2 Å². The second kappa shape index (κ2) is 3.67. The minimum atomic E-state index is 0.511. The van der Waals surface area contributed by atoms with Crippen LogP contribution < -0.4 is 4.90 Å². The van der Waals surface area contributed by atoms with E-state index in [0.29, 0.717) is 5.88 Å². The van der Waals surface area contributed by atoms with Crippen LogP contribution in [0.3, 0.4) is 0 Å². The Hall–Kier alpha value is -0.760. The molecule has 3 rings (SSSR count). The maximum absolute atomic E-state index is 5.81. The van der Waals surface area contributed by atoms with Gasteiger partial charge in [0.15, 0.2) is 0 Å². The number of hydrogen-bond acceptors (Lipinski definition) is 2. The van der Waals surface area contributed by atoms with Crippen molar-refractivity contribution in [3.8, 4) is 0 Å². The molecule has 2 bridgehead atoms. The van der Waals surface area contributed by atoms with Crippen molar-refractivity contribution >= 4 is 17.4 Å². The Morgan fingerprint density at radius 1 is 1.20 bits per heavy atom. The number of alkyl halides is 1. The molecule has 0 unspecified atom stereocenters. The molecule has 2 saturated heterocycles. The summed E-state index contributed by atoms with van der Waals surface area (Å²) >= 11 is 5.81. The molecule has 3 heterocycles. The number of fused-ring (bicyclic) bond motifs is 2. The summed E-state index contributed by atoms with van der Waals surface area (Å²) in [5, 5.41) is 0. The predicted molar refractivity (Wildman–Crippen MR) is 62.3 cm³/mol. The number of aromatic nitrogens is 1. The molecular formula is C12H15ClN2. The van der Waals surface area contributed by atoms with Crippen molar-refractivity contribution in [2.24, 2.45) is 0 Å². The molecule has 2 nitrogen and oxygen atoms in total. The Balaban J connectivity index is 1.92. The Morgan fingerprint density at radius 3 is 2.47 bits per heavy atom. The highest BCUT2D eigenvalue weighted by Crippen LogP contribution is 2.40. The van der Waals surface area contributed by atoms with Crippen molar-refractivity contribution in [1.29, 1.82) is 0 Å². The van der Waals surface area contributed by atoms with Crippen molar-refractivity contribution in [2.45, 2.75) is 43.6 Å². The molecule has 15 heavy (non-hydrogen) atoms. The summed E-state index contributed by atoms with van der Waals surface area (Å²) in [5.41, 5.74) is 0.987. The molecule has 0 saturated carbocycles. The van der Waals surface area contributed by atoms with Crippen LogP contribution in [0, 0.1) is 0 Å². The molecule has 2 aliphatic heterocycles. The van der Waals surface area contributed by atoms with Gasteiger partial charge >= 0.3 is 0 Å². The van der Waals surface area contributed by atoms with Crippen molar-refractivity contribution in [3.05, 3.63) is 23.9 Å². The van der Waals surface area contributed by atoms with Gasteiger partial charge in [0.25, 0.3) is 0 Å². The van der Waals surface area contributed by atoms with Crippen LogP contribution in [0.2, 0.25) is 0 Å². The number of hydrogen-bond donors (Lipinski definition) is 0. The van der Waals surface area contributed by atoms with Crippen LogP contribution >= 0.6 is 11.6 Å². The minimum Gasteiger partial charge on any atom is -0.351 e. The number of nitrogens with zero attached hydrogens (tertiary/aromatic N) is 2. The van der Waals surface area contributed by atoms with Gasteiger partial charge < -0.3 is 4.90 Å². The standard InChI is InChI=1S/C12H15ClN2/c13-8-9-2-1-3-12(14-9)15-10-4-5-11(15)7-6-10/h1-3,10-11H,4-8H2. The number of pyridine rings is 1. The summed E-state index contributed by atoms with van der Waals surface area (Å²) < 4.78 is 0. The molecular weight excluding hydrogens is 208 g/mol. The van der Waals surface area contributed by atoms with Crippen LogP contribution in [0.25, 0.3) is 0 Å². The largest absolute Gasteiger partial charge is 0.351 e. The van der Waals surface area contributed by atoms with E-state index in [1.807, 2.05) is 6.07 Å². The van der Waals surface area contributed by atoms with Crippen LogP contribution in [0.1, 0.15) is 31.4 Å². The fourth-order valence-corrected chi connectivity index (χ4v) is 3.12. The monoisotopic (exact) mass is 222 g/mol. The van der Waals surface area contributed by atoms with Gasteiger partial charge in [-0.2, -0.15) is 0 Å². The summed E-state index contributed by atoms with van der Waals surface area (Å²) in [6.07, 6.45) is 5.38. The SMILES string of the molecule is ClCc1cccc(N2C3CCC2CC3)n1. The molecule has 0 radical (unpaired) electrons. The first kappa shape index (κ1) is 9.46. The molecule has 80 valence electrons. The maximum atomic E-state index is 5.81. The second-order valence-electron chi connectivity index (χ2n) is 4.49. The number of anilines is 1. The second-order valence-corrected chi connectivity index (χ2v) is 4.76. The van der Waals surface area contributed by atoms with Gasteiger partial charge in [0.1, 0.15) is 5.82 Å². The summed E-state index contributed by atoms with van der Waals surface area (Å²) in [6.45, 7) is 0. The van der Waals surface area contributed by atoms with Crippen molar-refractivity contribution in [3.63, 3.8) is 0 Å². The van der Waals surface area contributed by atoms with Crippen LogP contribution in [-0.2, 0) is 5.88 Å². The molecule has 1 aromatic rings. The average molecular weight is 223 g/mol. The zero-order valence-corrected chi connectivity index (χ0v) is 9.45. The minimum absolute atomic E-state index is 0.511. The molecule has 2 aliphatic rings. The van der Waals surface area contributed by atoms with Gasteiger partial charge in [-0.15, -0.1) is 11.6 Å². The summed E-state index contributed by atoms with van der Waals surface area (Å²) in [5.74, 6) is 1.65. The fraction of sp³-hybridized carbons (Fsp3) is 0.583. The third kappa shape index (κ3) is 1.51. The highest BCUT2D eigenvalue weighted by atomic mass is 35.5. The molecule has 1 aromatic heterocycles. The van der Waals surface area contributed by atoms with Crippen LogP contribution in [-0.4, -0.2) is 17.1 Å². The van der Waals surface area contributed by atoms with E-state index >= 15 is 0 Å². The van der Waals surface area contributed by atoms with Gasteiger partial charge in [-0.25, -0.2) is 4.98 Å². The zero-order valence-electron chi connectivity index (χ0n) is 8.69. The molecule has 0 spiro atoms. The Labute approximate surface area is 95.3 Å². The first-order chi connectivity index (χ1) is 7.38. The maximum Gasteiger partial charge on any atom is 0.129 e. The third-order valence-electron chi connectivity index (χ3n) is 3.65. The molecule has 0 atom stereocenters. The fourth-order valence-electron chi connectivity index (χ4n) is 2.97. The van der Waals surface area contributed by atoms with Gasteiger partial charge in [0.2, 0.25) is 0 Å². The van der Waals surface area contributed by atoms with Gasteiger partial charge in [-0.05, 0) is 37.8 Å². The van der Waals surface area contributed by atoms with Crippen molar-refractivity contribution in [1.82, 2.24) is 4.98 Å². The molecule has 0 N–H and O–H groups in total. The van der Waals surface area contributed by atoms with E-state index in [-0.39, 0.29) is 0 Å². The highest BCUT2D eigenvalue weighted by Gasteiger charge is 2.39. The number of halogens is 1. The van der Waals surface area contributed by atoms with Crippen LogP contribution in [0.4, 0.5) is 5.82 Å². The molecule has 0 amide bonds. The summed E-state index contributed by atoms with van der Waals surface area (Å²) in [7, 11) is 0. The van der Waals surface area contributed by atoms with Gasteiger partial charge in [0, 0.05) is 12.1 Å². The Bertz CT molecular complexity index is 346. The molecule has 0 aromatic carbocycles. The van der Waals surface area contributed by atoms with Gasteiger partial charge in [-0.3, -0.25) is 0 Å². The quantitative estimate of drug-likeness (QED) is 0.716. The van der Waals surface area contributed by atoms with E-state index in [1.54, 1.807) is 0 Å². The van der Waals surface area contributed by atoms with Gasteiger partial charge in [-0.1, -0.05) is 6.07 Å². The first-order valence-corrected chi connectivity index (χ1v) is 6.22. The third-order valence-corrected chi connectivity index (χ3v) is 3.92. The topological polar surface area (TPSA) is 16.1 Å². The normalized spacial score (nSPS) is 28.7. The van der Waals surface area contributed by atoms with Gasteiger partial charge in [0.05, 0.1) is 11.6 Å². The lowest BCUT2D eigenvalue weighted by atomic mass is 10.0. The van der Waals surface area contributed by atoms with Crippen molar-refractivity contribution < 1.29 is 0 Å². The van der Waals surface area contributed by atoms with E-state index < -0.39 is 0 Å². The van der Waals surface area contributed by atoms with E-state index in [4.69, 9.17) is 11.6 Å². The lowest BCUT2D eigenvalue weighted by Crippen LogP contribution is -2.28. The average Bonchev–Trinajstić information content (AvgIpc) is 2.88. The lowest BCUT2D eigenvalue weighted by Gasteiger charge is -2.23. The lowest BCUT2D eigenvalue weighted by molar-refractivity contribution is 0.576. The van der Waals surface area contributed by atoms with E-state index in [9.17, 15) is 0 Å². The summed E-state index contributed by atoms with van der Waals surface area (Å²) in [6, 6.07) is 7.67. The molecule has 3 heteroatoms. The zero-order chi connectivity index (χ0) is 10.3.